The first kappa shape index (κ1) is 13.6. The molecule has 0 fully saturated rings. The fraction of sp³-hybridized carbons (Fsp3) is 0.0714. The Morgan fingerprint density at radius 2 is 1.74 bits per heavy atom. The van der Waals surface area contributed by atoms with Crippen LogP contribution in [0.4, 0.5) is 10.5 Å². The fourth-order valence-electron chi connectivity index (χ4n) is 1.47. The maximum atomic E-state index is 11.6. The summed E-state index contributed by atoms with van der Waals surface area (Å²) in [6, 6.07) is 16.5. The molecule has 0 aliphatic rings. The first-order valence-electron chi connectivity index (χ1n) is 5.73. The lowest BCUT2D eigenvalue weighted by Gasteiger charge is -2.09. The SMILES string of the molecule is O=C(NOCc1ccccc1)Nc1ccccc1Br. The number of carbonyl (C=O) groups is 1. The Morgan fingerprint density at radius 1 is 1.05 bits per heavy atom. The summed E-state index contributed by atoms with van der Waals surface area (Å²) in [5.41, 5.74) is 4.01. The van der Waals surface area contributed by atoms with Crippen molar-refractivity contribution in [1.29, 1.82) is 0 Å². The smallest absolute Gasteiger partial charge is 0.305 e. The molecule has 0 atom stereocenters. The molecule has 0 radical (unpaired) electrons. The third kappa shape index (κ3) is 4.39. The molecule has 98 valence electrons. The summed E-state index contributed by atoms with van der Waals surface area (Å²) >= 11 is 3.35. The zero-order valence-corrected chi connectivity index (χ0v) is 11.7. The van der Waals surface area contributed by atoms with E-state index in [0.717, 1.165) is 10.0 Å². The number of para-hydroxylation sites is 1. The van der Waals surface area contributed by atoms with E-state index in [1.165, 1.54) is 0 Å². The molecule has 0 aromatic heterocycles. The van der Waals surface area contributed by atoms with Crippen LogP contribution >= 0.6 is 15.9 Å². The highest BCUT2D eigenvalue weighted by Crippen LogP contribution is 2.20. The van der Waals surface area contributed by atoms with Crippen LogP contribution in [0.1, 0.15) is 5.56 Å². The molecule has 5 heteroatoms. The second kappa shape index (κ2) is 6.92. The van der Waals surface area contributed by atoms with Gasteiger partial charge in [0.1, 0.15) is 0 Å². The molecule has 2 N–H and O–H groups in total. The standard InChI is InChI=1S/C14H13BrN2O2/c15-12-8-4-5-9-13(12)16-14(18)17-19-10-11-6-2-1-3-7-11/h1-9H,10H2,(H2,16,17,18). The summed E-state index contributed by atoms with van der Waals surface area (Å²) in [4.78, 5) is 16.7. The summed E-state index contributed by atoms with van der Waals surface area (Å²) < 4.78 is 0.813. The summed E-state index contributed by atoms with van der Waals surface area (Å²) in [5.74, 6) is 0. The Bertz CT molecular complexity index is 546. The van der Waals surface area contributed by atoms with Crippen molar-refractivity contribution < 1.29 is 9.63 Å². The Labute approximate surface area is 119 Å². The van der Waals surface area contributed by atoms with E-state index in [1.54, 1.807) is 6.07 Å². The molecule has 2 rings (SSSR count). The fourth-order valence-corrected chi connectivity index (χ4v) is 1.85. The van der Waals surface area contributed by atoms with Gasteiger partial charge in [-0.3, -0.25) is 4.84 Å². The van der Waals surface area contributed by atoms with Crippen LogP contribution in [-0.4, -0.2) is 6.03 Å². The van der Waals surface area contributed by atoms with Crippen molar-refractivity contribution >= 4 is 27.6 Å². The van der Waals surface area contributed by atoms with Gasteiger partial charge in [0.05, 0.1) is 12.3 Å². The van der Waals surface area contributed by atoms with Crippen molar-refractivity contribution in [3.8, 4) is 0 Å². The van der Waals surface area contributed by atoms with Crippen molar-refractivity contribution in [3.05, 3.63) is 64.6 Å². The average molecular weight is 321 g/mol. The lowest BCUT2D eigenvalue weighted by molar-refractivity contribution is 0.0536. The highest BCUT2D eigenvalue weighted by molar-refractivity contribution is 9.10. The second-order valence-corrected chi connectivity index (χ2v) is 4.66. The zero-order valence-electron chi connectivity index (χ0n) is 10.1. The van der Waals surface area contributed by atoms with Gasteiger partial charge >= 0.3 is 6.03 Å². The molecule has 4 nitrogen and oxygen atoms in total. The van der Waals surface area contributed by atoms with E-state index in [9.17, 15) is 4.79 Å². The minimum Gasteiger partial charge on any atom is -0.305 e. The van der Waals surface area contributed by atoms with Crippen molar-refractivity contribution in [1.82, 2.24) is 5.48 Å². The number of benzene rings is 2. The van der Waals surface area contributed by atoms with E-state index in [1.807, 2.05) is 48.5 Å². The van der Waals surface area contributed by atoms with Crippen molar-refractivity contribution in [3.63, 3.8) is 0 Å². The first-order valence-corrected chi connectivity index (χ1v) is 6.52. The van der Waals surface area contributed by atoms with Crippen LogP contribution in [0.3, 0.4) is 0 Å². The molecule has 2 aromatic rings. The molecule has 0 spiro atoms. The van der Waals surface area contributed by atoms with Crippen LogP contribution in [0.25, 0.3) is 0 Å². The largest absolute Gasteiger partial charge is 0.343 e. The lowest BCUT2D eigenvalue weighted by atomic mass is 10.2. The summed E-state index contributed by atoms with van der Waals surface area (Å²) in [5, 5.41) is 2.67. The number of urea groups is 1. The van der Waals surface area contributed by atoms with Gasteiger partial charge in [0.2, 0.25) is 0 Å². The van der Waals surface area contributed by atoms with Gasteiger partial charge in [0.25, 0.3) is 0 Å². The van der Waals surface area contributed by atoms with Gasteiger partial charge < -0.3 is 5.32 Å². The minimum absolute atomic E-state index is 0.324. The Morgan fingerprint density at radius 3 is 2.47 bits per heavy atom. The highest BCUT2D eigenvalue weighted by Gasteiger charge is 2.04. The van der Waals surface area contributed by atoms with E-state index < -0.39 is 6.03 Å². The van der Waals surface area contributed by atoms with Crippen LogP contribution < -0.4 is 10.8 Å². The van der Waals surface area contributed by atoms with Gasteiger partial charge in [-0.15, -0.1) is 0 Å². The Hall–Kier alpha value is -1.85. The van der Waals surface area contributed by atoms with Crippen molar-refractivity contribution in [2.45, 2.75) is 6.61 Å². The lowest BCUT2D eigenvalue weighted by Crippen LogP contribution is -2.28. The summed E-state index contributed by atoms with van der Waals surface area (Å²) in [6.07, 6.45) is 0. The molecule has 0 saturated heterocycles. The molecule has 0 aliphatic heterocycles. The molecule has 0 heterocycles. The number of anilines is 1. The molecule has 2 amide bonds. The molecule has 0 unspecified atom stereocenters. The van der Waals surface area contributed by atoms with E-state index >= 15 is 0 Å². The number of hydrogen-bond acceptors (Lipinski definition) is 2. The molecule has 19 heavy (non-hydrogen) atoms. The molecular formula is C14H13BrN2O2. The molecule has 2 aromatic carbocycles. The summed E-state index contributed by atoms with van der Waals surface area (Å²) in [6.45, 7) is 0.324. The normalized spacial score (nSPS) is 9.95. The summed E-state index contributed by atoms with van der Waals surface area (Å²) in [7, 11) is 0. The van der Waals surface area contributed by atoms with Gasteiger partial charge in [-0.1, -0.05) is 42.5 Å². The van der Waals surface area contributed by atoms with Gasteiger partial charge in [0, 0.05) is 4.47 Å². The molecule has 0 saturated carbocycles. The molecule has 0 aliphatic carbocycles. The van der Waals surface area contributed by atoms with Crippen LogP contribution in [0.2, 0.25) is 0 Å². The third-order valence-corrected chi connectivity index (χ3v) is 3.06. The van der Waals surface area contributed by atoms with E-state index in [4.69, 9.17) is 4.84 Å². The zero-order chi connectivity index (χ0) is 13.5. The van der Waals surface area contributed by atoms with Gasteiger partial charge in [-0.2, -0.15) is 0 Å². The Balaban J connectivity index is 1.78. The maximum Gasteiger partial charge on any atom is 0.343 e. The first-order chi connectivity index (χ1) is 9.25. The Kier molecular flexibility index (Phi) is 4.94. The van der Waals surface area contributed by atoms with Crippen LogP contribution in [0, 0.1) is 0 Å². The number of rotatable bonds is 4. The monoisotopic (exact) mass is 320 g/mol. The molecule has 0 bridgehead atoms. The topological polar surface area (TPSA) is 50.4 Å². The van der Waals surface area contributed by atoms with E-state index in [2.05, 4.69) is 26.7 Å². The number of nitrogens with one attached hydrogen (secondary N) is 2. The van der Waals surface area contributed by atoms with Crippen LogP contribution in [-0.2, 0) is 11.4 Å². The van der Waals surface area contributed by atoms with Gasteiger partial charge in [-0.25, -0.2) is 10.3 Å². The number of amides is 2. The second-order valence-electron chi connectivity index (χ2n) is 3.81. The third-order valence-electron chi connectivity index (χ3n) is 2.37. The highest BCUT2D eigenvalue weighted by atomic mass is 79.9. The van der Waals surface area contributed by atoms with Crippen LogP contribution in [0.5, 0.6) is 0 Å². The van der Waals surface area contributed by atoms with E-state index in [0.29, 0.717) is 12.3 Å². The van der Waals surface area contributed by atoms with Crippen LogP contribution in [0.15, 0.2) is 59.1 Å². The quantitative estimate of drug-likeness (QED) is 0.844. The number of hydrogen-bond donors (Lipinski definition) is 2. The predicted molar refractivity (Wildman–Crippen MR) is 77.5 cm³/mol. The van der Waals surface area contributed by atoms with Crippen molar-refractivity contribution in [2.75, 3.05) is 5.32 Å². The number of carbonyl (C=O) groups excluding carboxylic acids is 1. The minimum atomic E-state index is -0.414. The number of halogens is 1. The maximum absolute atomic E-state index is 11.6. The average Bonchev–Trinajstić information content (AvgIpc) is 2.43. The molecular weight excluding hydrogens is 308 g/mol. The van der Waals surface area contributed by atoms with E-state index in [-0.39, 0.29) is 0 Å². The number of hydroxylamine groups is 1. The van der Waals surface area contributed by atoms with Crippen molar-refractivity contribution in [2.24, 2.45) is 0 Å². The van der Waals surface area contributed by atoms with Gasteiger partial charge in [-0.05, 0) is 33.6 Å². The predicted octanol–water partition coefficient (Wildman–Crippen LogP) is 3.70. The van der Waals surface area contributed by atoms with Gasteiger partial charge in [0.15, 0.2) is 0 Å².